The Labute approximate surface area is 141 Å². The zero-order valence-corrected chi connectivity index (χ0v) is 14.5. The van der Waals surface area contributed by atoms with Gasteiger partial charge < -0.3 is 4.90 Å². The van der Waals surface area contributed by atoms with Gasteiger partial charge in [-0.2, -0.15) is 0 Å². The van der Waals surface area contributed by atoms with Crippen LogP contribution < -0.4 is 16.1 Å². The third-order valence-electron chi connectivity index (χ3n) is 4.99. The molecule has 0 saturated carbocycles. The predicted molar refractivity (Wildman–Crippen MR) is 96.7 cm³/mol. The van der Waals surface area contributed by atoms with Crippen LogP contribution in [0.1, 0.15) is 25.5 Å². The molecule has 1 aromatic carbocycles. The molecule has 0 saturated heterocycles. The van der Waals surface area contributed by atoms with Crippen LogP contribution in [0.3, 0.4) is 0 Å². The zero-order valence-electron chi connectivity index (χ0n) is 14.5. The molecule has 1 aromatic heterocycles. The number of hydrogen-bond acceptors (Lipinski definition) is 3. The zero-order chi connectivity index (χ0) is 17.4. The van der Waals surface area contributed by atoms with E-state index in [0.29, 0.717) is 5.56 Å². The normalized spacial score (nSPS) is 23.2. The van der Waals surface area contributed by atoms with Gasteiger partial charge in [-0.25, -0.2) is 4.79 Å². The quantitative estimate of drug-likeness (QED) is 0.882. The number of H-pyrrole nitrogens is 1. The predicted octanol–water partition coefficient (Wildman–Crippen LogP) is 2.49. The van der Waals surface area contributed by atoms with Gasteiger partial charge in [0, 0.05) is 30.4 Å². The van der Waals surface area contributed by atoms with Crippen LogP contribution in [0.4, 0.5) is 5.69 Å². The molecule has 3 atom stereocenters. The number of nitrogens with zero attached hydrogens (tertiary/aromatic N) is 2. The summed E-state index contributed by atoms with van der Waals surface area (Å²) >= 11 is 0. The van der Waals surface area contributed by atoms with Crippen molar-refractivity contribution in [2.24, 2.45) is 5.92 Å². The highest BCUT2D eigenvalue weighted by Gasteiger charge is 2.36. The van der Waals surface area contributed by atoms with Gasteiger partial charge in [0.15, 0.2) is 0 Å². The fraction of sp³-hybridized carbons (Fsp3) is 0.368. The molecule has 3 rings (SSSR count). The number of likely N-dealkylation sites (N-methyl/N-ethyl adjacent to an activating group) is 1. The maximum atomic E-state index is 12.3. The lowest BCUT2D eigenvalue weighted by molar-refractivity contribution is 0.381. The highest BCUT2D eigenvalue weighted by molar-refractivity contribution is 5.49. The van der Waals surface area contributed by atoms with Gasteiger partial charge in [-0.15, -0.1) is 0 Å². The lowest BCUT2D eigenvalue weighted by Gasteiger charge is -2.32. The molecule has 0 amide bonds. The fourth-order valence-corrected chi connectivity index (χ4v) is 3.69. The monoisotopic (exact) mass is 325 g/mol. The smallest absolute Gasteiger partial charge is 0.328 e. The van der Waals surface area contributed by atoms with Crippen molar-refractivity contribution in [2.75, 3.05) is 11.9 Å². The lowest BCUT2D eigenvalue weighted by atomic mass is 9.97. The van der Waals surface area contributed by atoms with Crippen molar-refractivity contribution in [1.29, 1.82) is 0 Å². The second kappa shape index (κ2) is 6.15. The average Bonchev–Trinajstić information content (AvgIpc) is 2.86. The third-order valence-corrected chi connectivity index (χ3v) is 4.99. The number of hydrogen-bond donors (Lipinski definition) is 1. The van der Waals surface area contributed by atoms with Crippen LogP contribution in [0.5, 0.6) is 0 Å². The Morgan fingerprint density at radius 3 is 2.46 bits per heavy atom. The Balaban J connectivity index is 1.97. The summed E-state index contributed by atoms with van der Waals surface area (Å²) in [6.45, 7) is 5.92. The summed E-state index contributed by atoms with van der Waals surface area (Å²) in [6, 6.07) is 10.4. The second-order valence-electron chi connectivity index (χ2n) is 6.63. The van der Waals surface area contributed by atoms with Crippen LogP contribution in [0, 0.1) is 12.8 Å². The first-order chi connectivity index (χ1) is 11.4. The van der Waals surface area contributed by atoms with Gasteiger partial charge in [0.05, 0.1) is 12.1 Å². The molecule has 0 radical (unpaired) electrons. The largest absolute Gasteiger partial charge is 0.368 e. The van der Waals surface area contributed by atoms with Crippen LogP contribution in [0.25, 0.3) is 0 Å². The summed E-state index contributed by atoms with van der Waals surface area (Å²) in [4.78, 5) is 28.6. The molecular weight excluding hydrogens is 302 g/mol. The fourth-order valence-electron chi connectivity index (χ4n) is 3.69. The van der Waals surface area contributed by atoms with E-state index in [0.717, 1.165) is 11.3 Å². The van der Waals surface area contributed by atoms with Crippen molar-refractivity contribution < 1.29 is 0 Å². The van der Waals surface area contributed by atoms with E-state index in [4.69, 9.17) is 0 Å². The Hall–Kier alpha value is -2.56. The topological polar surface area (TPSA) is 58.1 Å². The highest BCUT2D eigenvalue weighted by Crippen LogP contribution is 2.38. The first-order valence-corrected chi connectivity index (χ1v) is 8.18. The standard InChI is InChI=1S/C19H23N3O2/c1-12-10-16(21(4)15-8-6-5-7-9-15)14(3)17(12)22-11-13(2)18(23)20-19(22)24/h5-11,14,16-17H,1-4H3,(H,20,23,24)/t14-,16+,17+/m0/s1. The summed E-state index contributed by atoms with van der Waals surface area (Å²) in [5.74, 6) is 0.207. The number of para-hydroxylation sites is 1. The number of aromatic nitrogens is 2. The van der Waals surface area contributed by atoms with Gasteiger partial charge in [-0.3, -0.25) is 14.3 Å². The number of aryl methyl sites for hydroxylation is 1. The van der Waals surface area contributed by atoms with Gasteiger partial charge in [0.2, 0.25) is 0 Å². The van der Waals surface area contributed by atoms with Crippen LogP contribution in [-0.4, -0.2) is 22.6 Å². The van der Waals surface area contributed by atoms with Crippen molar-refractivity contribution in [3.63, 3.8) is 0 Å². The van der Waals surface area contributed by atoms with Crippen molar-refractivity contribution in [3.8, 4) is 0 Å². The van der Waals surface area contributed by atoms with E-state index in [1.165, 1.54) is 0 Å². The van der Waals surface area contributed by atoms with Crippen molar-refractivity contribution in [2.45, 2.75) is 32.9 Å². The van der Waals surface area contributed by atoms with E-state index in [1.54, 1.807) is 17.7 Å². The first-order valence-electron chi connectivity index (χ1n) is 8.18. The molecule has 2 aromatic rings. The minimum Gasteiger partial charge on any atom is -0.368 e. The van der Waals surface area contributed by atoms with Crippen molar-refractivity contribution in [1.82, 2.24) is 9.55 Å². The Morgan fingerprint density at radius 2 is 1.79 bits per heavy atom. The van der Waals surface area contributed by atoms with Gasteiger partial charge in [-0.1, -0.05) is 36.8 Å². The number of allylic oxidation sites excluding steroid dienone is 1. The van der Waals surface area contributed by atoms with E-state index in [9.17, 15) is 9.59 Å². The molecule has 24 heavy (non-hydrogen) atoms. The van der Waals surface area contributed by atoms with E-state index >= 15 is 0 Å². The van der Waals surface area contributed by atoms with E-state index in [-0.39, 0.29) is 29.3 Å². The number of benzene rings is 1. The first kappa shape index (κ1) is 16.3. The molecule has 1 N–H and O–H groups in total. The van der Waals surface area contributed by atoms with Crippen LogP contribution in [-0.2, 0) is 0 Å². The van der Waals surface area contributed by atoms with E-state index in [2.05, 4.69) is 42.1 Å². The van der Waals surface area contributed by atoms with Gasteiger partial charge >= 0.3 is 5.69 Å². The summed E-state index contributed by atoms with van der Waals surface area (Å²) in [7, 11) is 2.07. The summed E-state index contributed by atoms with van der Waals surface area (Å²) in [5, 5.41) is 0. The van der Waals surface area contributed by atoms with E-state index in [1.807, 2.05) is 25.1 Å². The number of nitrogens with one attached hydrogen (secondary N) is 1. The molecule has 5 nitrogen and oxygen atoms in total. The SMILES string of the molecule is CC1=C[C@@H](N(C)c2ccccc2)[C@H](C)[C@@H]1n1cc(C)c(=O)[nH]c1=O. The molecule has 0 spiro atoms. The molecule has 1 aliphatic rings. The summed E-state index contributed by atoms with van der Waals surface area (Å²) < 4.78 is 1.66. The molecule has 0 bridgehead atoms. The van der Waals surface area contributed by atoms with Gasteiger partial charge in [-0.05, 0) is 26.0 Å². The minimum absolute atomic E-state index is 0.0517. The average molecular weight is 325 g/mol. The minimum atomic E-state index is -0.349. The number of rotatable bonds is 3. The maximum absolute atomic E-state index is 12.3. The Morgan fingerprint density at radius 1 is 1.12 bits per heavy atom. The Kier molecular flexibility index (Phi) is 4.18. The number of anilines is 1. The molecule has 1 aliphatic carbocycles. The maximum Gasteiger partial charge on any atom is 0.328 e. The van der Waals surface area contributed by atoms with Crippen LogP contribution in [0.15, 0.2) is 57.8 Å². The van der Waals surface area contributed by atoms with Gasteiger partial charge in [0.1, 0.15) is 0 Å². The number of aromatic amines is 1. The molecule has 0 fully saturated rings. The summed E-state index contributed by atoms with van der Waals surface area (Å²) in [5.41, 5.74) is 2.17. The van der Waals surface area contributed by atoms with Crippen LogP contribution >= 0.6 is 0 Å². The Bertz CT molecular complexity index is 879. The summed E-state index contributed by atoms with van der Waals surface area (Å²) in [6.07, 6.45) is 3.89. The molecule has 0 unspecified atom stereocenters. The van der Waals surface area contributed by atoms with E-state index < -0.39 is 0 Å². The second-order valence-corrected chi connectivity index (χ2v) is 6.63. The molecule has 5 heteroatoms. The highest BCUT2D eigenvalue weighted by atomic mass is 16.2. The molecule has 126 valence electrons. The van der Waals surface area contributed by atoms with Gasteiger partial charge in [0.25, 0.3) is 5.56 Å². The third kappa shape index (κ3) is 2.70. The van der Waals surface area contributed by atoms with Crippen LogP contribution in [0.2, 0.25) is 0 Å². The molecule has 0 aliphatic heterocycles. The van der Waals surface area contributed by atoms with Crippen molar-refractivity contribution in [3.05, 3.63) is 74.6 Å². The van der Waals surface area contributed by atoms with Crippen molar-refractivity contribution >= 4 is 5.69 Å². The molecular formula is C19H23N3O2. The lowest BCUT2D eigenvalue weighted by Crippen LogP contribution is -2.39. The molecule has 1 heterocycles.